The maximum Gasteiger partial charge on any atom is 0.254 e. The maximum absolute atomic E-state index is 13.6. The van der Waals surface area contributed by atoms with Crippen molar-refractivity contribution in [3.05, 3.63) is 76.3 Å². The van der Waals surface area contributed by atoms with Gasteiger partial charge in [0.05, 0.1) is 22.1 Å². The first-order valence-electron chi connectivity index (χ1n) is 11.0. The number of sulfonamides is 1. The van der Waals surface area contributed by atoms with Crippen molar-refractivity contribution in [2.45, 2.75) is 4.90 Å². The summed E-state index contributed by atoms with van der Waals surface area (Å²) in [5.74, 6) is 0.207. The molecule has 7 nitrogen and oxygen atoms in total. The molecule has 1 N–H and O–H groups in total. The number of carbonyl (C=O) groups is 1. The van der Waals surface area contributed by atoms with Crippen LogP contribution in [0.25, 0.3) is 11.1 Å². The molecule has 3 aromatic rings. The number of methoxy groups -OCH3 is 1. The fourth-order valence-electron chi connectivity index (χ4n) is 4.12. The molecule has 0 aromatic heterocycles. The number of piperazine rings is 1. The Morgan fingerprint density at radius 2 is 1.57 bits per heavy atom. The molecule has 0 bridgehead atoms. The minimum atomic E-state index is -3.71. The predicted octanol–water partition coefficient (Wildman–Crippen LogP) is 4.54. The lowest BCUT2D eigenvalue weighted by Gasteiger charge is -2.36. The summed E-state index contributed by atoms with van der Waals surface area (Å²) in [5, 5.41) is 0.840. The van der Waals surface area contributed by atoms with Crippen molar-refractivity contribution in [1.82, 2.24) is 9.62 Å². The molecule has 4 rings (SSSR count). The smallest absolute Gasteiger partial charge is 0.254 e. The van der Waals surface area contributed by atoms with E-state index in [0.717, 1.165) is 11.3 Å². The molecule has 10 heteroatoms. The third kappa shape index (κ3) is 5.26. The Morgan fingerprint density at radius 1 is 0.943 bits per heavy atom. The van der Waals surface area contributed by atoms with Crippen molar-refractivity contribution < 1.29 is 17.9 Å². The monoisotopic (exact) mass is 533 g/mol. The summed E-state index contributed by atoms with van der Waals surface area (Å²) in [5.41, 5.74) is 2.71. The minimum Gasteiger partial charge on any atom is -0.494 e. The van der Waals surface area contributed by atoms with Crippen molar-refractivity contribution in [3.63, 3.8) is 0 Å². The quantitative estimate of drug-likeness (QED) is 0.503. The van der Waals surface area contributed by atoms with Crippen LogP contribution in [0.3, 0.4) is 0 Å². The van der Waals surface area contributed by atoms with Crippen LogP contribution in [0.4, 0.5) is 5.69 Å². The van der Waals surface area contributed by atoms with Gasteiger partial charge in [-0.15, -0.1) is 0 Å². The zero-order chi connectivity index (χ0) is 25.2. The lowest BCUT2D eigenvalue weighted by Crippen LogP contribution is -2.49. The largest absolute Gasteiger partial charge is 0.494 e. The molecule has 0 unspecified atom stereocenters. The molecule has 35 heavy (non-hydrogen) atoms. The number of benzene rings is 3. The van der Waals surface area contributed by atoms with Gasteiger partial charge in [0.1, 0.15) is 0 Å². The maximum atomic E-state index is 13.6. The number of hydrogen-bond acceptors (Lipinski definition) is 5. The van der Waals surface area contributed by atoms with E-state index in [-0.39, 0.29) is 10.8 Å². The second kappa shape index (κ2) is 10.5. The number of amides is 1. The van der Waals surface area contributed by atoms with Crippen molar-refractivity contribution in [2.24, 2.45) is 0 Å². The van der Waals surface area contributed by atoms with Crippen LogP contribution < -0.4 is 14.4 Å². The van der Waals surface area contributed by atoms with Crippen LogP contribution in [0, 0.1) is 0 Å². The molecule has 0 radical (unpaired) electrons. The molecule has 3 aromatic carbocycles. The van der Waals surface area contributed by atoms with Gasteiger partial charge in [-0.05, 0) is 42.4 Å². The van der Waals surface area contributed by atoms with E-state index in [1.807, 2.05) is 30.3 Å². The topological polar surface area (TPSA) is 79.0 Å². The van der Waals surface area contributed by atoms with Gasteiger partial charge in [-0.1, -0.05) is 59.6 Å². The van der Waals surface area contributed by atoms with E-state index in [1.165, 1.54) is 26.3 Å². The highest BCUT2D eigenvalue weighted by molar-refractivity contribution is 7.89. The van der Waals surface area contributed by atoms with E-state index < -0.39 is 10.0 Å². The van der Waals surface area contributed by atoms with Gasteiger partial charge in [0, 0.05) is 37.4 Å². The number of rotatable bonds is 6. The predicted molar refractivity (Wildman–Crippen MR) is 139 cm³/mol. The Morgan fingerprint density at radius 3 is 2.14 bits per heavy atom. The van der Waals surface area contributed by atoms with E-state index in [0.29, 0.717) is 53.1 Å². The molecular weight excluding hydrogens is 509 g/mol. The zero-order valence-electron chi connectivity index (χ0n) is 19.3. The lowest BCUT2D eigenvalue weighted by molar-refractivity contribution is 0.0747. The minimum absolute atomic E-state index is 0.0455. The number of halogens is 2. The molecule has 1 heterocycles. The summed E-state index contributed by atoms with van der Waals surface area (Å²) in [6.45, 7) is 2.05. The van der Waals surface area contributed by atoms with Gasteiger partial charge in [-0.25, -0.2) is 13.1 Å². The normalized spacial score (nSPS) is 14.2. The Labute approximate surface area is 215 Å². The van der Waals surface area contributed by atoms with Crippen LogP contribution in [-0.4, -0.2) is 59.6 Å². The van der Waals surface area contributed by atoms with Crippen LogP contribution in [0.1, 0.15) is 10.4 Å². The molecule has 0 aliphatic carbocycles. The van der Waals surface area contributed by atoms with E-state index in [4.69, 9.17) is 27.9 Å². The van der Waals surface area contributed by atoms with E-state index in [1.54, 1.807) is 23.1 Å². The highest BCUT2D eigenvalue weighted by atomic mass is 35.5. The molecule has 0 spiro atoms. The molecule has 0 atom stereocenters. The van der Waals surface area contributed by atoms with Gasteiger partial charge < -0.3 is 14.5 Å². The fourth-order valence-corrected chi connectivity index (χ4v) is 5.50. The number of hydrogen-bond donors (Lipinski definition) is 1. The summed E-state index contributed by atoms with van der Waals surface area (Å²) in [6.07, 6.45) is 0. The Kier molecular flexibility index (Phi) is 7.56. The fraction of sp³-hybridized carbons (Fsp3) is 0.240. The number of anilines is 1. The van der Waals surface area contributed by atoms with Crippen LogP contribution in [0.2, 0.25) is 10.0 Å². The first kappa shape index (κ1) is 25.3. The summed E-state index contributed by atoms with van der Waals surface area (Å²) in [4.78, 5) is 17.5. The molecule has 1 amide bonds. The first-order chi connectivity index (χ1) is 16.7. The average molecular weight is 534 g/mol. The summed E-state index contributed by atoms with van der Waals surface area (Å²) < 4.78 is 32.4. The Hall–Kier alpha value is -2.78. The summed E-state index contributed by atoms with van der Waals surface area (Å²) in [7, 11) is -0.849. The van der Waals surface area contributed by atoms with Gasteiger partial charge in [-0.2, -0.15) is 0 Å². The van der Waals surface area contributed by atoms with E-state index in [2.05, 4.69) is 9.62 Å². The third-order valence-electron chi connectivity index (χ3n) is 6.00. The first-order valence-corrected chi connectivity index (χ1v) is 13.2. The number of nitrogens with zero attached hydrogens (tertiary/aromatic N) is 2. The third-order valence-corrected chi connectivity index (χ3v) is 7.98. The van der Waals surface area contributed by atoms with Gasteiger partial charge in [0.25, 0.3) is 5.91 Å². The van der Waals surface area contributed by atoms with Gasteiger partial charge in [0.2, 0.25) is 10.0 Å². The molecule has 0 saturated carbocycles. The van der Waals surface area contributed by atoms with Gasteiger partial charge >= 0.3 is 0 Å². The molecule has 1 fully saturated rings. The van der Waals surface area contributed by atoms with E-state index >= 15 is 0 Å². The van der Waals surface area contributed by atoms with Gasteiger partial charge in [-0.3, -0.25) is 4.79 Å². The molecule has 1 saturated heterocycles. The van der Waals surface area contributed by atoms with Crippen molar-refractivity contribution in [1.29, 1.82) is 0 Å². The van der Waals surface area contributed by atoms with Gasteiger partial charge in [0.15, 0.2) is 5.75 Å². The Bertz CT molecular complexity index is 1320. The standard InChI is InChI=1S/C25H25Cl2N3O4S/c1-28-35(32,33)19-8-9-20(17-6-4-3-5-7-17)21(16-19)25(31)30-12-10-29(11-13-30)18-14-22(26)24(34-2)23(27)15-18/h3-9,14-16,28H,10-13H2,1-2H3. The zero-order valence-corrected chi connectivity index (χ0v) is 21.6. The second-order valence-corrected chi connectivity index (χ2v) is 10.7. The number of carbonyl (C=O) groups excluding carboxylic acids is 1. The van der Waals surface area contributed by atoms with E-state index in [9.17, 15) is 13.2 Å². The van der Waals surface area contributed by atoms with Crippen molar-refractivity contribution >= 4 is 44.8 Å². The van der Waals surface area contributed by atoms with Crippen LogP contribution in [-0.2, 0) is 10.0 Å². The summed E-state index contributed by atoms with van der Waals surface area (Å²) >= 11 is 12.6. The number of nitrogens with one attached hydrogen (secondary N) is 1. The molecular formula is C25H25Cl2N3O4S. The lowest BCUT2D eigenvalue weighted by atomic mass is 9.98. The molecule has 1 aliphatic heterocycles. The average Bonchev–Trinajstić information content (AvgIpc) is 2.88. The number of ether oxygens (including phenoxy) is 1. The second-order valence-electron chi connectivity index (χ2n) is 8.00. The van der Waals surface area contributed by atoms with Crippen molar-refractivity contribution in [2.75, 3.05) is 45.2 Å². The molecule has 1 aliphatic rings. The highest BCUT2D eigenvalue weighted by Crippen LogP contribution is 2.37. The highest BCUT2D eigenvalue weighted by Gasteiger charge is 2.27. The van der Waals surface area contributed by atoms with Crippen LogP contribution >= 0.6 is 23.2 Å². The SMILES string of the molecule is CNS(=O)(=O)c1ccc(-c2ccccc2)c(C(=O)N2CCN(c3cc(Cl)c(OC)c(Cl)c3)CC2)c1. The van der Waals surface area contributed by atoms with Crippen LogP contribution in [0.5, 0.6) is 5.75 Å². The van der Waals surface area contributed by atoms with Crippen molar-refractivity contribution in [3.8, 4) is 16.9 Å². The Balaban J connectivity index is 1.61. The molecule has 184 valence electrons. The van der Waals surface area contributed by atoms with Crippen LogP contribution in [0.15, 0.2) is 65.6 Å². The summed E-state index contributed by atoms with van der Waals surface area (Å²) in [6, 6.07) is 17.7.